The number of thiophene rings is 1. The molecule has 8 aromatic rings. The minimum absolute atomic E-state index is 0.107. The average molecular weight is 687 g/mol. The molecule has 5 heteroatoms. The standard InChI is InChI=1S/C46H31BN2S2/c1-26-22-33-41-34(23-26)49(28-16-8-5-9-17-28)45-40-30-19-11-13-21-35(30)50-36(40)25-38-43(45)47(41)42-37(51-38)24-32-39(29-18-10-12-20-31(29)46(32,2)3)44(42)48(33)27-14-6-4-7-15-27/h4-25H,1-3H3. The van der Waals surface area contributed by atoms with Crippen LogP contribution in [0.1, 0.15) is 30.5 Å². The Morgan fingerprint density at radius 1 is 0.569 bits per heavy atom. The summed E-state index contributed by atoms with van der Waals surface area (Å²) in [6.45, 7) is 7.22. The molecule has 0 radical (unpaired) electrons. The molecule has 12 rings (SSSR count). The molecule has 51 heavy (non-hydrogen) atoms. The highest BCUT2D eigenvalue weighted by molar-refractivity contribution is 8.00. The quantitative estimate of drug-likeness (QED) is 0.167. The summed E-state index contributed by atoms with van der Waals surface area (Å²) >= 11 is 3.92. The summed E-state index contributed by atoms with van der Waals surface area (Å²) in [5, 5.41) is 2.71. The second-order valence-corrected chi connectivity index (χ2v) is 17.1. The largest absolute Gasteiger partial charge is 0.311 e. The summed E-state index contributed by atoms with van der Waals surface area (Å²) in [6.07, 6.45) is 0. The van der Waals surface area contributed by atoms with Crippen LogP contribution in [0.5, 0.6) is 0 Å². The van der Waals surface area contributed by atoms with Crippen molar-refractivity contribution >= 4 is 100 Å². The van der Waals surface area contributed by atoms with Crippen molar-refractivity contribution in [3.8, 4) is 11.1 Å². The first-order valence-electron chi connectivity index (χ1n) is 17.8. The fourth-order valence-corrected chi connectivity index (χ4v) is 12.2. The zero-order valence-electron chi connectivity index (χ0n) is 28.5. The van der Waals surface area contributed by atoms with Crippen LogP contribution in [0.15, 0.2) is 143 Å². The third-order valence-electron chi connectivity index (χ3n) is 11.8. The monoisotopic (exact) mass is 686 g/mol. The van der Waals surface area contributed by atoms with Crippen molar-refractivity contribution in [2.75, 3.05) is 9.80 Å². The van der Waals surface area contributed by atoms with E-state index in [0.717, 1.165) is 0 Å². The Hall–Kier alpha value is -5.23. The molecule has 1 aliphatic carbocycles. The first-order chi connectivity index (χ1) is 25.0. The summed E-state index contributed by atoms with van der Waals surface area (Å²) in [7, 11) is 0. The van der Waals surface area contributed by atoms with Gasteiger partial charge in [-0.05, 0) is 100 Å². The normalized spacial score (nSPS) is 15.3. The lowest BCUT2D eigenvalue weighted by atomic mass is 9.33. The van der Waals surface area contributed by atoms with Gasteiger partial charge in [0.1, 0.15) is 0 Å². The number of benzene rings is 7. The predicted octanol–water partition coefficient (Wildman–Crippen LogP) is 11.2. The summed E-state index contributed by atoms with van der Waals surface area (Å²) in [5.74, 6) is 0. The molecule has 3 aliphatic heterocycles. The van der Waals surface area contributed by atoms with Crippen LogP contribution in [-0.4, -0.2) is 6.71 Å². The molecule has 0 spiro atoms. The van der Waals surface area contributed by atoms with Crippen molar-refractivity contribution in [2.24, 2.45) is 0 Å². The van der Waals surface area contributed by atoms with Crippen molar-refractivity contribution in [1.82, 2.24) is 0 Å². The van der Waals surface area contributed by atoms with Crippen molar-refractivity contribution in [3.05, 3.63) is 150 Å². The number of fused-ring (bicyclic) bond motifs is 8. The van der Waals surface area contributed by atoms with E-state index in [1.807, 2.05) is 23.1 Å². The zero-order chi connectivity index (χ0) is 33.7. The van der Waals surface area contributed by atoms with Crippen LogP contribution in [0.25, 0.3) is 31.3 Å². The number of rotatable bonds is 2. The molecule has 0 fully saturated rings. The van der Waals surface area contributed by atoms with Gasteiger partial charge in [-0.15, -0.1) is 11.3 Å². The van der Waals surface area contributed by atoms with E-state index in [0.29, 0.717) is 0 Å². The van der Waals surface area contributed by atoms with E-state index in [-0.39, 0.29) is 12.1 Å². The molecule has 0 amide bonds. The van der Waals surface area contributed by atoms with Crippen LogP contribution in [0.4, 0.5) is 34.1 Å². The highest BCUT2D eigenvalue weighted by atomic mass is 32.2. The number of hydrogen-bond donors (Lipinski definition) is 0. The maximum absolute atomic E-state index is 2.62. The van der Waals surface area contributed by atoms with Gasteiger partial charge in [0.05, 0.1) is 11.4 Å². The summed E-state index contributed by atoms with van der Waals surface area (Å²) < 4.78 is 2.70. The van der Waals surface area contributed by atoms with Gasteiger partial charge in [0.2, 0.25) is 0 Å². The van der Waals surface area contributed by atoms with Crippen molar-refractivity contribution in [3.63, 3.8) is 0 Å². The maximum atomic E-state index is 2.62. The van der Waals surface area contributed by atoms with Crippen LogP contribution < -0.4 is 26.2 Å². The second-order valence-electron chi connectivity index (χ2n) is 14.9. The molecule has 0 saturated heterocycles. The first kappa shape index (κ1) is 28.5. The van der Waals surface area contributed by atoms with Gasteiger partial charge in [-0.25, -0.2) is 0 Å². The van der Waals surface area contributed by atoms with E-state index >= 15 is 0 Å². The summed E-state index contributed by atoms with van der Waals surface area (Å²) in [4.78, 5) is 8.00. The van der Waals surface area contributed by atoms with Crippen LogP contribution in [0.2, 0.25) is 0 Å². The molecule has 0 N–H and O–H groups in total. The Morgan fingerprint density at radius 3 is 1.92 bits per heavy atom. The van der Waals surface area contributed by atoms with Gasteiger partial charge >= 0.3 is 0 Å². The number of nitrogens with zero attached hydrogens (tertiary/aromatic N) is 2. The molecule has 4 aliphatic rings. The lowest BCUT2D eigenvalue weighted by molar-refractivity contribution is 0.659. The number of anilines is 6. The van der Waals surface area contributed by atoms with Crippen LogP contribution in [-0.2, 0) is 5.41 Å². The van der Waals surface area contributed by atoms with Crippen molar-refractivity contribution < 1.29 is 0 Å². The Bertz CT molecular complexity index is 2840. The van der Waals surface area contributed by atoms with Gasteiger partial charge in [0.15, 0.2) is 0 Å². The van der Waals surface area contributed by atoms with Crippen molar-refractivity contribution in [2.45, 2.75) is 36.0 Å². The summed E-state index contributed by atoms with van der Waals surface area (Å²) in [5.41, 5.74) is 18.7. The number of para-hydroxylation sites is 2. The highest BCUT2D eigenvalue weighted by Gasteiger charge is 2.51. The first-order valence-corrected chi connectivity index (χ1v) is 19.4. The van der Waals surface area contributed by atoms with Crippen LogP contribution in [0.3, 0.4) is 0 Å². The molecule has 0 atom stereocenters. The van der Waals surface area contributed by atoms with E-state index in [9.17, 15) is 0 Å². The lowest BCUT2D eigenvalue weighted by Crippen LogP contribution is -2.63. The van der Waals surface area contributed by atoms with Gasteiger partial charge in [-0.2, -0.15) is 0 Å². The zero-order valence-corrected chi connectivity index (χ0v) is 30.1. The lowest BCUT2D eigenvalue weighted by Gasteiger charge is -2.48. The molecule has 240 valence electrons. The molecule has 7 aromatic carbocycles. The average Bonchev–Trinajstić information content (AvgIpc) is 3.63. The molecule has 1 aromatic heterocycles. The van der Waals surface area contributed by atoms with Gasteiger partial charge in [0.25, 0.3) is 6.71 Å². The molecule has 4 heterocycles. The minimum Gasteiger partial charge on any atom is -0.311 e. The number of aryl methyl sites for hydroxylation is 1. The van der Waals surface area contributed by atoms with E-state index in [2.05, 4.69) is 164 Å². The van der Waals surface area contributed by atoms with Crippen LogP contribution in [0, 0.1) is 6.92 Å². The van der Waals surface area contributed by atoms with E-state index in [4.69, 9.17) is 0 Å². The maximum Gasteiger partial charge on any atom is 0.255 e. The third-order valence-corrected chi connectivity index (χ3v) is 14.0. The van der Waals surface area contributed by atoms with Gasteiger partial charge < -0.3 is 9.80 Å². The molecular formula is C46H31BN2S2. The number of hydrogen-bond acceptors (Lipinski definition) is 4. The van der Waals surface area contributed by atoms with Crippen molar-refractivity contribution in [1.29, 1.82) is 0 Å². The minimum atomic E-state index is -0.115. The molecule has 2 nitrogen and oxygen atoms in total. The smallest absolute Gasteiger partial charge is 0.255 e. The Kier molecular flexibility index (Phi) is 5.45. The topological polar surface area (TPSA) is 6.48 Å². The van der Waals surface area contributed by atoms with E-state index in [1.165, 1.54) is 108 Å². The fourth-order valence-electron chi connectivity index (χ4n) is 9.77. The van der Waals surface area contributed by atoms with E-state index < -0.39 is 0 Å². The van der Waals surface area contributed by atoms with Gasteiger partial charge in [-0.3, -0.25) is 0 Å². The van der Waals surface area contributed by atoms with E-state index in [1.54, 1.807) is 0 Å². The SMILES string of the molecule is Cc1cc2c3c(c1)N(c1ccccc1)c1c4c(cc5sc6ccccc6c15)Sc1cc5c(c(c1B34)N2c1ccccc1)-c1ccccc1C5(C)C. The third kappa shape index (κ3) is 3.51. The highest BCUT2D eigenvalue weighted by Crippen LogP contribution is 2.59. The fraction of sp³-hybridized carbons (Fsp3) is 0.0870. The second kappa shape index (κ2) is 9.76. The Balaban J connectivity index is 1.31. The molecule has 0 unspecified atom stereocenters. The molecule has 0 saturated carbocycles. The van der Waals surface area contributed by atoms with Gasteiger partial charge in [-0.1, -0.05) is 104 Å². The summed E-state index contributed by atoms with van der Waals surface area (Å²) in [6, 6.07) is 50.3. The predicted molar refractivity (Wildman–Crippen MR) is 220 cm³/mol. The van der Waals surface area contributed by atoms with Gasteiger partial charge in [0, 0.05) is 63.7 Å². The Labute approximate surface area is 306 Å². The Morgan fingerprint density at radius 2 is 1.18 bits per heavy atom. The molecule has 0 bridgehead atoms. The molecular weight excluding hydrogens is 655 g/mol. The van der Waals surface area contributed by atoms with Crippen LogP contribution >= 0.6 is 23.1 Å².